The number of carbonyl (C=O) groups is 4. The maximum absolute atomic E-state index is 12.3. The number of urea groups is 1. The van der Waals surface area contributed by atoms with E-state index in [-0.39, 0.29) is 11.3 Å². The van der Waals surface area contributed by atoms with Gasteiger partial charge >= 0.3 is 18.0 Å². The van der Waals surface area contributed by atoms with Crippen LogP contribution in [0.5, 0.6) is 0 Å². The molecule has 25 heavy (non-hydrogen) atoms. The summed E-state index contributed by atoms with van der Waals surface area (Å²) in [5.74, 6) is -1.53. The van der Waals surface area contributed by atoms with Crippen molar-refractivity contribution in [2.75, 3.05) is 12.9 Å². The fourth-order valence-electron chi connectivity index (χ4n) is 2.10. The van der Waals surface area contributed by atoms with Crippen molar-refractivity contribution in [3.8, 4) is 0 Å². The van der Waals surface area contributed by atoms with E-state index in [0.717, 1.165) is 0 Å². The summed E-state index contributed by atoms with van der Waals surface area (Å²) in [6, 6.07) is 6.10. The number of ether oxygens (including phenoxy) is 2. The zero-order valence-electron chi connectivity index (χ0n) is 14.0. The standard InChI is InChI=1S/C16H18N2O6S/c1-9(12(19)23-3)24-13(20)10-6-4-5-7-11(10)25-8-16(2)14(21)17-15(22)18-16/h4-7,9H,8H2,1-3H3,(H2,17,18,21,22)/t9-,16-/m0/s1. The van der Waals surface area contributed by atoms with Crippen molar-refractivity contribution in [1.82, 2.24) is 10.6 Å². The number of carbonyl (C=O) groups excluding carboxylic acids is 4. The lowest BCUT2D eigenvalue weighted by Crippen LogP contribution is -2.46. The van der Waals surface area contributed by atoms with Crippen molar-refractivity contribution in [3.63, 3.8) is 0 Å². The van der Waals surface area contributed by atoms with Gasteiger partial charge in [-0.3, -0.25) is 10.1 Å². The molecule has 1 heterocycles. The Hall–Kier alpha value is -2.55. The van der Waals surface area contributed by atoms with Crippen LogP contribution in [0.3, 0.4) is 0 Å². The van der Waals surface area contributed by atoms with Crippen LogP contribution in [0.25, 0.3) is 0 Å². The Balaban J connectivity index is 2.10. The van der Waals surface area contributed by atoms with Crippen LogP contribution < -0.4 is 10.6 Å². The van der Waals surface area contributed by atoms with Gasteiger partial charge in [-0.05, 0) is 26.0 Å². The Morgan fingerprint density at radius 2 is 1.96 bits per heavy atom. The summed E-state index contributed by atoms with van der Waals surface area (Å²) >= 11 is 1.23. The van der Waals surface area contributed by atoms with Crippen LogP contribution in [0.4, 0.5) is 4.79 Å². The first-order valence-corrected chi connectivity index (χ1v) is 8.39. The molecule has 2 N–H and O–H groups in total. The smallest absolute Gasteiger partial charge is 0.346 e. The number of esters is 2. The van der Waals surface area contributed by atoms with Gasteiger partial charge in [-0.2, -0.15) is 0 Å². The van der Waals surface area contributed by atoms with Gasteiger partial charge in [0.25, 0.3) is 5.91 Å². The van der Waals surface area contributed by atoms with E-state index >= 15 is 0 Å². The minimum absolute atomic E-state index is 0.224. The lowest BCUT2D eigenvalue weighted by atomic mass is 10.1. The van der Waals surface area contributed by atoms with Gasteiger partial charge in [-0.25, -0.2) is 14.4 Å². The topological polar surface area (TPSA) is 111 Å². The average Bonchev–Trinajstić information content (AvgIpc) is 2.84. The fraction of sp³-hybridized carbons (Fsp3) is 0.375. The molecule has 1 aromatic rings. The zero-order chi connectivity index (χ0) is 18.6. The molecule has 2 rings (SSSR count). The first-order chi connectivity index (χ1) is 11.8. The minimum Gasteiger partial charge on any atom is -0.466 e. The normalized spacial score (nSPS) is 20.4. The van der Waals surface area contributed by atoms with E-state index in [2.05, 4.69) is 15.4 Å². The highest BCUT2D eigenvalue weighted by Crippen LogP contribution is 2.28. The molecule has 2 atom stereocenters. The van der Waals surface area contributed by atoms with Crippen molar-refractivity contribution in [2.45, 2.75) is 30.4 Å². The highest BCUT2D eigenvalue weighted by molar-refractivity contribution is 7.99. The molecule has 0 aromatic heterocycles. The molecule has 0 radical (unpaired) electrons. The molecular weight excluding hydrogens is 348 g/mol. The largest absolute Gasteiger partial charge is 0.466 e. The molecule has 0 aliphatic carbocycles. The van der Waals surface area contributed by atoms with Gasteiger partial charge < -0.3 is 14.8 Å². The predicted molar refractivity (Wildman–Crippen MR) is 89.1 cm³/mol. The van der Waals surface area contributed by atoms with Crippen molar-refractivity contribution in [1.29, 1.82) is 0 Å². The first kappa shape index (κ1) is 18.8. The second-order valence-electron chi connectivity index (χ2n) is 5.60. The van der Waals surface area contributed by atoms with Crippen LogP contribution in [-0.2, 0) is 19.1 Å². The van der Waals surface area contributed by atoms with Crippen molar-refractivity contribution in [2.24, 2.45) is 0 Å². The molecule has 0 unspecified atom stereocenters. The maximum atomic E-state index is 12.3. The number of thioether (sulfide) groups is 1. The van der Waals surface area contributed by atoms with Gasteiger partial charge in [0, 0.05) is 10.6 Å². The third-order valence-electron chi connectivity index (χ3n) is 3.56. The lowest BCUT2D eigenvalue weighted by molar-refractivity contribution is -0.149. The third kappa shape index (κ3) is 4.30. The Kier molecular flexibility index (Phi) is 5.68. The van der Waals surface area contributed by atoms with Crippen LogP contribution in [-0.4, -0.2) is 48.4 Å². The minimum atomic E-state index is -1.07. The summed E-state index contributed by atoms with van der Waals surface area (Å²) in [7, 11) is 1.21. The molecule has 3 amide bonds. The van der Waals surface area contributed by atoms with E-state index in [4.69, 9.17) is 4.74 Å². The van der Waals surface area contributed by atoms with Crippen LogP contribution in [0.2, 0.25) is 0 Å². The van der Waals surface area contributed by atoms with Gasteiger partial charge in [-0.1, -0.05) is 12.1 Å². The van der Waals surface area contributed by atoms with E-state index in [9.17, 15) is 19.2 Å². The van der Waals surface area contributed by atoms with Crippen molar-refractivity contribution in [3.05, 3.63) is 29.8 Å². The summed E-state index contributed by atoms with van der Waals surface area (Å²) in [6.07, 6.45) is -1.03. The van der Waals surface area contributed by atoms with Crippen LogP contribution >= 0.6 is 11.8 Å². The number of benzene rings is 1. The molecule has 8 nitrogen and oxygen atoms in total. The van der Waals surface area contributed by atoms with Crippen molar-refractivity contribution < 1.29 is 28.7 Å². The fourth-order valence-corrected chi connectivity index (χ4v) is 3.23. The highest BCUT2D eigenvalue weighted by atomic mass is 32.2. The molecule has 1 saturated heterocycles. The van der Waals surface area contributed by atoms with E-state index < -0.39 is 35.5 Å². The Morgan fingerprint density at radius 3 is 2.56 bits per heavy atom. The number of rotatable bonds is 6. The van der Waals surface area contributed by atoms with Gasteiger partial charge in [0.15, 0.2) is 6.10 Å². The summed E-state index contributed by atoms with van der Waals surface area (Å²) in [6.45, 7) is 3.01. The predicted octanol–water partition coefficient (Wildman–Crippen LogP) is 1.10. The Bertz CT molecular complexity index is 722. The monoisotopic (exact) mass is 366 g/mol. The molecule has 0 spiro atoms. The number of methoxy groups -OCH3 is 1. The number of imide groups is 1. The number of amides is 3. The number of nitrogens with one attached hydrogen (secondary N) is 2. The SMILES string of the molecule is COC(=O)[C@H](C)OC(=O)c1ccccc1SC[C@]1(C)NC(=O)NC1=O. The van der Waals surface area contributed by atoms with E-state index in [1.165, 1.54) is 25.8 Å². The number of hydrogen-bond donors (Lipinski definition) is 2. The number of hydrogen-bond acceptors (Lipinski definition) is 7. The van der Waals surface area contributed by atoms with Crippen LogP contribution in [0, 0.1) is 0 Å². The summed E-state index contributed by atoms with van der Waals surface area (Å²) in [4.78, 5) is 47.4. The molecule has 1 aliphatic heterocycles. The van der Waals surface area contributed by atoms with Gasteiger partial charge in [0.2, 0.25) is 0 Å². The Morgan fingerprint density at radius 1 is 1.28 bits per heavy atom. The lowest BCUT2D eigenvalue weighted by Gasteiger charge is -2.20. The molecule has 1 aliphatic rings. The van der Waals surface area contributed by atoms with Gasteiger partial charge in [0.05, 0.1) is 12.7 Å². The maximum Gasteiger partial charge on any atom is 0.346 e. The first-order valence-electron chi connectivity index (χ1n) is 7.41. The Labute approximate surface area is 148 Å². The average molecular weight is 366 g/mol. The van der Waals surface area contributed by atoms with Crippen LogP contribution in [0.1, 0.15) is 24.2 Å². The highest BCUT2D eigenvalue weighted by Gasteiger charge is 2.42. The third-order valence-corrected chi connectivity index (χ3v) is 4.95. The van der Waals surface area contributed by atoms with E-state index in [0.29, 0.717) is 4.90 Å². The van der Waals surface area contributed by atoms with E-state index in [1.807, 2.05) is 0 Å². The second kappa shape index (κ2) is 7.56. The molecular formula is C16H18N2O6S. The molecule has 0 bridgehead atoms. The van der Waals surface area contributed by atoms with Gasteiger partial charge in [-0.15, -0.1) is 11.8 Å². The molecule has 134 valence electrons. The second-order valence-corrected chi connectivity index (χ2v) is 6.61. The summed E-state index contributed by atoms with van der Waals surface area (Å²) < 4.78 is 9.61. The van der Waals surface area contributed by atoms with Gasteiger partial charge in [0.1, 0.15) is 5.54 Å². The van der Waals surface area contributed by atoms with Crippen molar-refractivity contribution >= 4 is 35.6 Å². The molecule has 9 heteroatoms. The molecule has 1 aromatic carbocycles. The quantitative estimate of drug-likeness (QED) is 0.440. The molecule has 0 saturated carbocycles. The van der Waals surface area contributed by atoms with E-state index in [1.54, 1.807) is 31.2 Å². The zero-order valence-corrected chi connectivity index (χ0v) is 14.8. The molecule has 1 fully saturated rings. The van der Waals surface area contributed by atoms with Crippen LogP contribution in [0.15, 0.2) is 29.2 Å². The summed E-state index contributed by atoms with van der Waals surface area (Å²) in [5.41, 5.74) is -0.811. The summed E-state index contributed by atoms with van der Waals surface area (Å²) in [5, 5.41) is 4.74.